The molecule has 0 unspecified atom stereocenters. The molecule has 0 bridgehead atoms. The van der Waals surface area contributed by atoms with Gasteiger partial charge in [-0.25, -0.2) is 0 Å². The first-order valence-corrected chi connectivity index (χ1v) is 7.82. The monoisotopic (exact) mass is 323 g/mol. The van der Waals surface area contributed by atoms with Gasteiger partial charge in [-0.3, -0.25) is 14.9 Å². The van der Waals surface area contributed by atoms with Crippen LogP contribution in [0.2, 0.25) is 0 Å². The van der Waals surface area contributed by atoms with Crippen LogP contribution in [0.3, 0.4) is 0 Å². The number of ether oxygens (including phenoxy) is 1. The molecule has 4 rings (SSSR count). The first-order chi connectivity index (χ1) is 11.8. The number of nitrogens with one attached hydrogen (secondary N) is 2. The van der Waals surface area contributed by atoms with E-state index in [9.17, 15) is 4.79 Å². The fourth-order valence-electron chi connectivity index (χ4n) is 2.79. The van der Waals surface area contributed by atoms with Gasteiger partial charge in [0.2, 0.25) is 0 Å². The average molecular weight is 323 g/mol. The molecule has 3 aromatic rings. The highest BCUT2D eigenvalue weighted by Gasteiger charge is 2.21. The van der Waals surface area contributed by atoms with Crippen molar-refractivity contribution < 1.29 is 9.53 Å². The Morgan fingerprint density at radius 3 is 2.96 bits per heavy atom. The number of carbonyl (C=O) groups excluding carboxylic acids is 1. The number of amides is 1. The lowest BCUT2D eigenvalue weighted by molar-refractivity contribution is 0.0303. The van der Waals surface area contributed by atoms with E-state index in [0.717, 1.165) is 22.3 Å². The van der Waals surface area contributed by atoms with Gasteiger partial charge in [0.15, 0.2) is 0 Å². The van der Waals surface area contributed by atoms with Crippen LogP contribution in [-0.2, 0) is 4.74 Å². The molecule has 2 aromatic heterocycles. The lowest BCUT2D eigenvalue weighted by atomic mass is 10.1. The summed E-state index contributed by atoms with van der Waals surface area (Å²) in [4.78, 5) is 18.7. The molecule has 0 saturated carbocycles. The van der Waals surface area contributed by atoms with Gasteiger partial charge >= 0.3 is 0 Å². The van der Waals surface area contributed by atoms with Crippen molar-refractivity contribution in [3.63, 3.8) is 0 Å². The van der Waals surface area contributed by atoms with Gasteiger partial charge in [0, 0.05) is 36.6 Å². The van der Waals surface area contributed by atoms with E-state index in [1.807, 2.05) is 24.3 Å². The molecular formula is C17H17N5O2. The molecule has 1 amide bonds. The number of morpholine rings is 1. The van der Waals surface area contributed by atoms with Crippen molar-refractivity contribution in [3.8, 4) is 0 Å². The molecule has 1 aliphatic rings. The second-order valence-electron chi connectivity index (χ2n) is 5.62. The fraction of sp³-hybridized carbons (Fsp3) is 0.235. The Balaban J connectivity index is 1.62. The first kappa shape index (κ1) is 14.6. The zero-order chi connectivity index (χ0) is 16.4. The number of aromatic nitrogens is 3. The lowest BCUT2D eigenvalue weighted by Gasteiger charge is -2.27. The molecule has 0 atom stereocenters. The van der Waals surface area contributed by atoms with Crippen molar-refractivity contribution in [2.24, 2.45) is 0 Å². The molecule has 1 saturated heterocycles. The Morgan fingerprint density at radius 2 is 2.08 bits per heavy atom. The summed E-state index contributed by atoms with van der Waals surface area (Å²) in [5, 5.41) is 11.3. The third-order valence-electron chi connectivity index (χ3n) is 4.07. The number of anilines is 2. The summed E-state index contributed by atoms with van der Waals surface area (Å²) in [6.07, 6.45) is 5.05. The van der Waals surface area contributed by atoms with Crippen LogP contribution in [0.1, 0.15) is 10.4 Å². The highest BCUT2D eigenvalue weighted by atomic mass is 16.5. The van der Waals surface area contributed by atoms with Crippen LogP contribution in [0.15, 0.2) is 42.9 Å². The number of H-pyrrole nitrogens is 1. The summed E-state index contributed by atoms with van der Waals surface area (Å²) in [7, 11) is 0. The molecule has 1 aliphatic heterocycles. The van der Waals surface area contributed by atoms with Crippen molar-refractivity contribution in [3.05, 3.63) is 48.4 Å². The number of hydrogen-bond acceptors (Lipinski definition) is 5. The van der Waals surface area contributed by atoms with Gasteiger partial charge in [-0.05, 0) is 24.3 Å². The van der Waals surface area contributed by atoms with Crippen molar-refractivity contribution in [1.29, 1.82) is 0 Å². The number of carbonyl (C=O) groups is 1. The van der Waals surface area contributed by atoms with Crippen LogP contribution in [0, 0.1) is 0 Å². The van der Waals surface area contributed by atoms with E-state index < -0.39 is 0 Å². The number of benzene rings is 1. The third kappa shape index (κ3) is 2.81. The van der Waals surface area contributed by atoms with Crippen LogP contribution in [-0.4, -0.2) is 52.3 Å². The smallest absolute Gasteiger partial charge is 0.257 e. The number of pyridine rings is 1. The van der Waals surface area contributed by atoms with Gasteiger partial charge in [-0.15, -0.1) is 0 Å². The van der Waals surface area contributed by atoms with E-state index in [1.54, 1.807) is 23.5 Å². The van der Waals surface area contributed by atoms with Crippen molar-refractivity contribution in [2.45, 2.75) is 0 Å². The quantitative estimate of drug-likeness (QED) is 0.772. The number of rotatable bonds is 3. The standard InChI is InChI=1S/C17H17N5O2/c23-17(22-5-7-24-8-6-22)14-11-18-4-3-16(14)20-13-1-2-15-12(9-13)10-19-21-15/h1-4,9-11H,5-8H2,(H,18,20)(H,19,21). The van der Waals surface area contributed by atoms with Gasteiger partial charge in [0.1, 0.15) is 0 Å². The van der Waals surface area contributed by atoms with Crippen LogP contribution >= 0.6 is 0 Å². The van der Waals surface area contributed by atoms with Crippen LogP contribution in [0.4, 0.5) is 11.4 Å². The average Bonchev–Trinajstić information content (AvgIpc) is 3.10. The second-order valence-corrected chi connectivity index (χ2v) is 5.62. The Hall–Kier alpha value is -2.93. The summed E-state index contributed by atoms with van der Waals surface area (Å²) in [6.45, 7) is 2.36. The molecule has 0 radical (unpaired) electrons. The number of fused-ring (bicyclic) bond motifs is 1. The summed E-state index contributed by atoms with van der Waals surface area (Å²) < 4.78 is 5.31. The minimum absolute atomic E-state index is 0.0294. The summed E-state index contributed by atoms with van der Waals surface area (Å²) >= 11 is 0. The minimum Gasteiger partial charge on any atom is -0.378 e. The van der Waals surface area contributed by atoms with Gasteiger partial charge in [0.05, 0.1) is 36.2 Å². The molecule has 1 aromatic carbocycles. The normalized spacial score (nSPS) is 14.8. The van der Waals surface area contributed by atoms with Crippen molar-refractivity contribution in [2.75, 3.05) is 31.6 Å². The van der Waals surface area contributed by atoms with E-state index in [-0.39, 0.29) is 5.91 Å². The molecule has 7 heteroatoms. The minimum atomic E-state index is -0.0294. The summed E-state index contributed by atoms with van der Waals surface area (Å²) in [6, 6.07) is 7.70. The number of nitrogens with zero attached hydrogens (tertiary/aromatic N) is 3. The molecule has 3 heterocycles. The van der Waals surface area contributed by atoms with E-state index in [1.165, 1.54) is 0 Å². The molecule has 122 valence electrons. The summed E-state index contributed by atoms with van der Waals surface area (Å²) in [5.74, 6) is -0.0294. The van der Waals surface area contributed by atoms with E-state index in [4.69, 9.17) is 4.74 Å². The lowest BCUT2D eigenvalue weighted by Crippen LogP contribution is -2.40. The SMILES string of the molecule is O=C(c1cnccc1Nc1ccc2[nH]ncc2c1)N1CCOCC1. The van der Waals surface area contributed by atoms with E-state index >= 15 is 0 Å². The second kappa shape index (κ2) is 6.29. The fourth-order valence-corrected chi connectivity index (χ4v) is 2.79. The molecule has 0 spiro atoms. The highest BCUT2D eigenvalue weighted by molar-refractivity contribution is 6.00. The van der Waals surface area contributed by atoms with Crippen molar-refractivity contribution >= 4 is 28.2 Å². The molecule has 1 fully saturated rings. The van der Waals surface area contributed by atoms with Crippen LogP contribution in [0.25, 0.3) is 10.9 Å². The van der Waals surface area contributed by atoms with E-state index in [2.05, 4.69) is 20.5 Å². The molecule has 2 N–H and O–H groups in total. The van der Waals surface area contributed by atoms with Crippen molar-refractivity contribution in [1.82, 2.24) is 20.1 Å². The predicted octanol–water partition coefficient (Wildman–Crippen LogP) is 2.17. The zero-order valence-electron chi connectivity index (χ0n) is 13.0. The van der Waals surface area contributed by atoms with Gasteiger partial charge < -0.3 is 15.0 Å². The number of aromatic amines is 1. The molecule has 0 aliphatic carbocycles. The Morgan fingerprint density at radius 1 is 1.21 bits per heavy atom. The maximum atomic E-state index is 12.8. The Labute approximate surface area is 138 Å². The highest BCUT2D eigenvalue weighted by Crippen LogP contribution is 2.24. The summed E-state index contributed by atoms with van der Waals surface area (Å²) in [5.41, 5.74) is 3.17. The van der Waals surface area contributed by atoms with Gasteiger partial charge in [0.25, 0.3) is 5.91 Å². The maximum absolute atomic E-state index is 12.8. The zero-order valence-corrected chi connectivity index (χ0v) is 13.0. The first-order valence-electron chi connectivity index (χ1n) is 7.82. The van der Waals surface area contributed by atoms with Gasteiger partial charge in [-0.2, -0.15) is 5.10 Å². The molecular weight excluding hydrogens is 306 g/mol. The predicted molar refractivity (Wildman–Crippen MR) is 90.3 cm³/mol. The Bertz CT molecular complexity index is 870. The topological polar surface area (TPSA) is 83.1 Å². The third-order valence-corrected chi connectivity index (χ3v) is 4.07. The largest absolute Gasteiger partial charge is 0.378 e. The Kier molecular flexibility index (Phi) is 3.84. The molecule has 7 nitrogen and oxygen atoms in total. The van der Waals surface area contributed by atoms with Gasteiger partial charge in [-0.1, -0.05) is 0 Å². The maximum Gasteiger partial charge on any atom is 0.257 e. The van der Waals surface area contributed by atoms with Crippen LogP contribution < -0.4 is 5.32 Å². The molecule has 24 heavy (non-hydrogen) atoms. The number of hydrogen-bond donors (Lipinski definition) is 2. The van der Waals surface area contributed by atoms with Crippen LogP contribution in [0.5, 0.6) is 0 Å². The van der Waals surface area contributed by atoms with E-state index in [0.29, 0.717) is 31.9 Å².